The second-order valence-electron chi connectivity index (χ2n) is 1.67. The van der Waals surface area contributed by atoms with Crippen LogP contribution in [0.25, 0.3) is 0 Å². The Morgan fingerprint density at radius 3 is 2.40 bits per heavy atom. The molecule has 0 fully saturated rings. The van der Waals surface area contributed by atoms with Crippen LogP contribution in [-0.4, -0.2) is 38.8 Å². The summed E-state index contributed by atoms with van der Waals surface area (Å²) in [4.78, 5) is 0. The predicted octanol–water partition coefficient (Wildman–Crippen LogP) is 1.51. The van der Waals surface area contributed by atoms with Crippen molar-refractivity contribution in [3.05, 3.63) is 0 Å². The van der Waals surface area contributed by atoms with Crippen molar-refractivity contribution in [2.45, 2.75) is 16.9 Å². The zero-order chi connectivity index (χ0) is 7.82. The van der Waals surface area contributed by atoms with Gasteiger partial charge in [0, 0.05) is 0 Å². The molecule has 0 aromatic rings. The van der Waals surface area contributed by atoms with Crippen LogP contribution in [0.3, 0.4) is 0 Å². The van der Waals surface area contributed by atoms with Gasteiger partial charge in [-0.05, 0) is 0 Å². The van der Waals surface area contributed by atoms with Crippen LogP contribution in [0.15, 0.2) is 0 Å². The van der Waals surface area contributed by atoms with E-state index in [9.17, 15) is 0 Å². The van der Waals surface area contributed by atoms with Crippen LogP contribution < -0.4 is 0 Å². The van der Waals surface area contributed by atoms with E-state index in [0.29, 0.717) is 15.0 Å². The van der Waals surface area contributed by atoms with E-state index in [-0.39, 0.29) is 5.19 Å². The molecule has 0 atom stereocenters. The minimum absolute atomic E-state index is 0.0652. The molecule has 0 radical (unpaired) electrons. The molecule has 0 rings (SSSR count). The Morgan fingerprint density at radius 1 is 1.40 bits per heavy atom. The molecular weight excluding hydrogens is 310 g/mol. The summed E-state index contributed by atoms with van der Waals surface area (Å²) in [6.45, 7) is 0. The van der Waals surface area contributed by atoms with E-state index in [2.05, 4.69) is 22.6 Å². The molecule has 2 nitrogen and oxygen atoms in total. The quantitative estimate of drug-likeness (QED) is 0.243. The summed E-state index contributed by atoms with van der Waals surface area (Å²) in [5.74, 6) is 0. The van der Waals surface area contributed by atoms with Gasteiger partial charge in [-0.15, -0.1) is 0 Å². The van der Waals surface area contributed by atoms with Gasteiger partial charge >= 0.3 is 82.6 Å². The van der Waals surface area contributed by atoms with E-state index in [1.54, 1.807) is 14.2 Å². The zero-order valence-corrected chi connectivity index (χ0v) is 10.2. The van der Waals surface area contributed by atoms with E-state index in [0.717, 1.165) is 0 Å². The predicted molar refractivity (Wildman–Crippen MR) is 51.9 cm³/mol. The van der Waals surface area contributed by atoms with Gasteiger partial charge in [0.2, 0.25) is 0 Å². The van der Waals surface area contributed by atoms with E-state index < -0.39 is 0 Å². The summed E-state index contributed by atoms with van der Waals surface area (Å²) in [5.41, 5.74) is 0. The summed E-state index contributed by atoms with van der Waals surface area (Å²) in [6.07, 6.45) is 1.28. The molecule has 0 saturated carbocycles. The third kappa shape index (κ3) is 5.92. The van der Waals surface area contributed by atoms with Crippen molar-refractivity contribution >= 4 is 37.5 Å². The van der Waals surface area contributed by atoms with Crippen LogP contribution in [0.2, 0.25) is 5.32 Å². The number of halogens is 1. The second kappa shape index (κ2) is 8.27. The van der Waals surface area contributed by atoms with Crippen molar-refractivity contribution in [1.82, 2.24) is 0 Å². The Labute approximate surface area is 82.3 Å². The van der Waals surface area contributed by atoms with Gasteiger partial charge in [-0.3, -0.25) is 0 Å². The molecule has 0 saturated heterocycles. The van der Waals surface area contributed by atoms with Gasteiger partial charge in [0.1, 0.15) is 0 Å². The first kappa shape index (κ1) is 11.2. The summed E-state index contributed by atoms with van der Waals surface area (Å²) in [7, 11) is 3.39. The SMILES string of the molecule is COC(OC)[Se]CCCI. The summed E-state index contributed by atoms with van der Waals surface area (Å²) in [6, 6.07) is 0. The third-order valence-corrected chi connectivity index (χ3v) is 4.16. The molecule has 0 unspecified atom stereocenters. The van der Waals surface area contributed by atoms with Crippen LogP contribution in [0.5, 0.6) is 0 Å². The van der Waals surface area contributed by atoms with Gasteiger partial charge in [0.15, 0.2) is 0 Å². The van der Waals surface area contributed by atoms with Gasteiger partial charge in [0.05, 0.1) is 0 Å². The normalized spacial score (nSPS) is 10.8. The Balaban J connectivity index is 3.09. The second-order valence-corrected chi connectivity index (χ2v) is 5.12. The topological polar surface area (TPSA) is 18.5 Å². The Kier molecular flexibility index (Phi) is 9.23. The van der Waals surface area contributed by atoms with Crippen molar-refractivity contribution < 1.29 is 9.47 Å². The molecule has 10 heavy (non-hydrogen) atoms. The summed E-state index contributed by atoms with van der Waals surface area (Å²) < 4.78 is 11.3. The monoisotopic (exact) mass is 324 g/mol. The fourth-order valence-corrected chi connectivity index (χ4v) is 3.64. The number of hydrogen-bond acceptors (Lipinski definition) is 2. The summed E-state index contributed by atoms with van der Waals surface area (Å²) in [5, 5.41) is 1.32. The number of alkyl halides is 1. The van der Waals surface area contributed by atoms with E-state index >= 15 is 0 Å². The number of rotatable bonds is 6. The Morgan fingerprint density at radius 2 is 2.00 bits per heavy atom. The zero-order valence-electron chi connectivity index (χ0n) is 6.30. The van der Waals surface area contributed by atoms with Crippen LogP contribution in [-0.2, 0) is 9.47 Å². The van der Waals surface area contributed by atoms with E-state index in [1.165, 1.54) is 16.2 Å². The summed E-state index contributed by atoms with van der Waals surface area (Å²) >= 11 is 2.88. The molecule has 0 aromatic carbocycles. The number of methoxy groups -OCH3 is 2. The van der Waals surface area contributed by atoms with Gasteiger partial charge in [-0.25, -0.2) is 0 Å². The maximum absolute atomic E-state index is 5.05. The van der Waals surface area contributed by atoms with Crippen LogP contribution in [0, 0.1) is 0 Å². The molecular formula is C6H13IO2Se. The fourth-order valence-electron chi connectivity index (χ4n) is 0.466. The van der Waals surface area contributed by atoms with E-state index in [4.69, 9.17) is 9.47 Å². The van der Waals surface area contributed by atoms with Crippen LogP contribution in [0.1, 0.15) is 6.42 Å². The Hall–Kier alpha value is 1.17. The molecule has 0 heterocycles. The molecule has 0 aliphatic carbocycles. The number of ether oxygens (including phenoxy) is 2. The first-order chi connectivity index (χ1) is 4.85. The van der Waals surface area contributed by atoms with Crippen molar-refractivity contribution in [3.63, 3.8) is 0 Å². The Bertz CT molecular complexity index is 68.8. The van der Waals surface area contributed by atoms with Gasteiger partial charge < -0.3 is 0 Å². The van der Waals surface area contributed by atoms with E-state index in [1.807, 2.05) is 0 Å². The van der Waals surface area contributed by atoms with Crippen LogP contribution in [0.4, 0.5) is 0 Å². The molecule has 4 heteroatoms. The fraction of sp³-hybridized carbons (Fsp3) is 1.00. The first-order valence-electron chi connectivity index (χ1n) is 3.08. The molecule has 62 valence electrons. The first-order valence-corrected chi connectivity index (χ1v) is 6.81. The van der Waals surface area contributed by atoms with Gasteiger partial charge in [-0.2, -0.15) is 0 Å². The number of hydrogen-bond donors (Lipinski definition) is 0. The molecule has 0 bridgehead atoms. The van der Waals surface area contributed by atoms with Crippen molar-refractivity contribution in [2.75, 3.05) is 18.6 Å². The molecule has 0 aliphatic rings. The van der Waals surface area contributed by atoms with Crippen molar-refractivity contribution in [3.8, 4) is 0 Å². The molecule has 0 spiro atoms. The average molecular weight is 323 g/mol. The minimum atomic E-state index is 0.0652. The van der Waals surface area contributed by atoms with Gasteiger partial charge in [0.25, 0.3) is 0 Å². The average Bonchev–Trinajstić information content (AvgIpc) is 1.99. The molecule has 0 aromatic heterocycles. The standard InChI is InChI=1S/C6H13IO2Se/c1-8-6(9-2)10-5-3-4-7/h6H,3-5H2,1-2H3. The van der Waals surface area contributed by atoms with Gasteiger partial charge in [-0.1, -0.05) is 0 Å². The van der Waals surface area contributed by atoms with Crippen molar-refractivity contribution in [1.29, 1.82) is 0 Å². The van der Waals surface area contributed by atoms with Crippen molar-refractivity contribution in [2.24, 2.45) is 0 Å². The molecule has 0 N–H and O–H groups in total. The molecule has 0 aliphatic heterocycles. The third-order valence-electron chi connectivity index (χ3n) is 0.917. The molecule has 0 amide bonds. The maximum atomic E-state index is 5.05. The van der Waals surface area contributed by atoms with Crippen LogP contribution >= 0.6 is 22.6 Å².